The Labute approximate surface area is 173 Å². The maximum absolute atomic E-state index is 12.9. The van der Waals surface area contributed by atoms with Crippen LogP contribution in [0.4, 0.5) is 11.4 Å². The SMILES string of the molecule is CC(C)Nc1cc(S(=O)(=O)[O-])c(N)c2c1C(=O)c1ccccc1C2=O.[Na+]. The summed E-state index contributed by atoms with van der Waals surface area (Å²) in [5, 5.41) is 2.92. The molecular weight excluding hydrogens is 367 g/mol. The van der Waals surface area contributed by atoms with Crippen LogP contribution in [0.2, 0.25) is 0 Å². The van der Waals surface area contributed by atoms with Gasteiger partial charge in [-0.1, -0.05) is 24.3 Å². The van der Waals surface area contributed by atoms with Crippen molar-refractivity contribution in [3.63, 3.8) is 0 Å². The Morgan fingerprint density at radius 3 is 2.00 bits per heavy atom. The number of rotatable bonds is 3. The molecule has 3 N–H and O–H groups in total. The zero-order valence-corrected chi connectivity index (χ0v) is 17.3. The zero-order valence-electron chi connectivity index (χ0n) is 14.5. The predicted octanol–water partition coefficient (Wildman–Crippen LogP) is -1.23. The van der Waals surface area contributed by atoms with E-state index in [-0.39, 0.29) is 63.5 Å². The standard InChI is InChI=1S/C17H16N2O5S.Na/c1-8(2)19-11-7-12(25(22,23)24)15(18)14-13(11)16(20)9-5-3-4-6-10(9)17(14)21;/h3-8,19H,18H2,1-2H3,(H,22,23,24);/q;+1/p-1. The van der Waals surface area contributed by atoms with E-state index < -0.39 is 32.3 Å². The van der Waals surface area contributed by atoms with Crippen LogP contribution in [0, 0.1) is 0 Å². The van der Waals surface area contributed by atoms with Gasteiger partial charge in [-0.2, -0.15) is 0 Å². The van der Waals surface area contributed by atoms with E-state index in [1.165, 1.54) is 12.1 Å². The van der Waals surface area contributed by atoms with Gasteiger partial charge < -0.3 is 15.6 Å². The first-order valence-electron chi connectivity index (χ1n) is 7.50. The van der Waals surface area contributed by atoms with E-state index in [9.17, 15) is 22.6 Å². The summed E-state index contributed by atoms with van der Waals surface area (Å²) in [6.45, 7) is 3.55. The smallest absolute Gasteiger partial charge is 0.744 e. The Balaban J connectivity index is 0.00000243. The summed E-state index contributed by atoms with van der Waals surface area (Å²) in [6.07, 6.45) is 0. The van der Waals surface area contributed by atoms with Gasteiger partial charge in [0.05, 0.1) is 21.7 Å². The second kappa shape index (κ2) is 7.13. The monoisotopic (exact) mass is 382 g/mol. The summed E-state index contributed by atoms with van der Waals surface area (Å²) in [4.78, 5) is 25.0. The number of anilines is 2. The van der Waals surface area contributed by atoms with Crippen LogP contribution in [-0.4, -0.2) is 30.6 Å². The zero-order chi connectivity index (χ0) is 18.5. The third-order valence-electron chi connectivity index (χ3n) is 3.91. The third-order valence-corrected chi connectivity index (χ3v) is 4.79. The fraction of sp³-hybridized carbons (Fsp3) is 0.176. The van der Waals surface area contributed by atoms with Crippen molar-refractivity contribution in [1.82, 2.24) is 0 Å². The third kappa shape index (κ3) is 3.30. The van der Waals surface area contributed by atoms with E-state index in [0.717, 1.165) is 6.07 Å². The summed E-state index contributed by atoms with van der Waals surface area (Å²) >= 11 is 0. The van der Waals surface area contributed by atoms with E-state index in [2.05, 4.69) is 5.32 Å². The first-order valence-corrected chi connectivity index (χ1v) is 8.91. The molecule has 0 saturated heterocycles. The molecule has 0 radical (unpaired) electrons. The maximum atomic E-state index is 12.9. The first kappa shape index (κ1) is 20.6. The van der Waals surface area contributed by atoms with Crippen LogP contribution in [-0.2, 0) is 10.1 Å². The van der Waals surface area contributed by atoms with Gasteiger partial charge in [0.25, 0.3) is 0 Å². The molecule has 0 amide bonds. The molecule has 130 valence electrons. The van der Waals surface area contributed by atoms with Gasteiger partial charge in [-0.15, -0.1) is 0 Å². The molecule has 0 fully saturated rings. The van der Waals surface area contributed by atoms with E-state index >= 15 is 0 Å². The van der Waals surface area contributed by atoms with Crippen LogP contribution >= 0.6 is 0 Å². The fourth-order valence-electron chi connectivity index (χ4n) is 2.93. The molecule has 2 aromatic rings. The molecule has 3 rings (SSSR count). The maximum Gasteiger partial charge on any atom is 1.00 e. The molecule has 0 heterocycles. The van der Waals surface area contributed by atoms with Crippen LogP contribution < -0.4 is 40.6 Å². The Kier molecular flexibility index (Phi) is 5.65. The van der Waals surface area contributed by atoms with Crippen molar-refractivity contribution >= 4 is 33.1 Å². The van der Waals surface area contributed by atoms with Crippen molar-refractivity contribution < 1.29 is 52.1 Å². The van der Waals surface area contributed by atoms with E-state index in [0.29, 0.717) is 0 Å². The van der Waals surface area contributed by atoms with Gasteiger partial charge in [0, 0.05) is 22.9 Å². The second-order valence-corrected chi connectivity index (χ2v) is 7.39. The molecule has 0 bridgehead atoms. The quantitative estimate of drug-likeness (QED) is 0.330. The van der Waals surface area contributed by atoms with Crippen LogP contribution in [0.25, 0.3) is 0 Å². The molecule has 9 heteroatoms. The van der Waals surface area contributed by atoms with Gasteiger partial charge in [0.1, 0.15) is 10.1 Å². The van der Waals surface area contributed by atoms with Crippen LogP contribution in [0.1, 0.15) is 45.7 Å². The number of ketones is 2. The molecule has 0 atom stereocenters. The topological polar surface area (TPSA) is 129 Å². The van der Waals surface area contributed by atoms with Crippen molar-refractivity contribution in [3.8, 4) is 0 Å². The number of hydrogen-bond donors (Lipinski definition) is 2. The molecule has 2 aromatic carbocycles. The van der Waals surface area contributed by atoms with Crippen molar-refractivity contribution in [1.29, 1.82) is 0 Å². The predicted molar refractivity (Wildman–Crippen MR) is 90.9 cm³/mol. The van der Waals surface area contributed by atoms with Gasteiger partial charge in [0.2, 0.25) is 0 Å². The molecule has 7 nitrogen and oxygen atoms in total. The summed E-state index contributed by atoms with van der Waals surface area (Å²) in [5.74, 6) is -1.03. The minimum absolute atomic E-state index is 0. The van der Waals surface area contributed by atoms with E-state index in [1.54, 1.807) is 26.0 Å². The van der Waals surface area contributed by atoms with Crippen LogP contribution in [0.15, 0.2) is 35.2 Å². The number of carbonyl (C=O) groups excluding carboxylic acids is 2. The fourth-order valence-corrected chi connectivity index (χ4v) is 3.56. The molecule has 0 aliphatic heterocycles. The molecule has 1 aliphatic carbocycles. The number of carbonyl (C=O) groups is 2. The summed E-state index contributed by atoms with van der Waals surface area (Å²) in [5.41, 5.74) is 5.51. The molecular formula is C17H15N2NaO5S. The second-order valence-electron chi connectivity index (χ2n) is 6.04. The number of nitrogen functional groups attached to an aromatic ring is 1. The van der Waals surface area contributed by atoms with Crippen molar-refractivity contribution in [2.24, 2.45) is 0 Å². The van der Waals surface area contributed by atoms with Gasteiger partial charge in [-0.3, -0.25) is 9.59 Å². The van der Waals surface area contributed by atoms with Crippen LogP contribution in [0.3, 0.4) is 0 Å². The average Bonchev–Trinajstić information content (AvgIpc) is 2.52. The average molecular weight is 382 g/mol. The van der Waals surface area contributed by atoms with Crippen molar-refractivity contribution in [2.45, 2.75) is 24.8 Å². The van der Waals surface area contributed by atoms with Crippen molar-refractivity contribution in [3.05, 3.63) is 52.6 Å². The van der Waals surface area contributed by atoms with Gasteiger partial charge in [-0.05, 0) is 19.9 Å². The minimum atomic E-state index is -4.92. The van der Waals surface area contributed by atoms with E-state index in [1.807, 2.05) is 0 Å². The molecule has 0 unspecified atom stereocenters. The number of fused-ring (bicyclic) bond motifs is 2. The van der Waals surface area contributed by atoms with Crippen LogP contribution in [0.5, 0.6) is 0 Å². The summed E-state index contributed by atoms with van der Waals surface area (Å²) < 4.78 is 34.7. The molecule has 26 heavy (non-hydrogen) atoms. The normalized spacial score (nSPS) is 13.1. The van der Waals surface area contributed by atoms with Gasteiger partial charge in [-0.25, -0.2) is 8.42 Å². The Hall–Kier alpha value is -1.71. The summed E-state index contributed by atoms with van der Waals surface area (Å²) in [7, 11) is -4.92. The Morgan fingerprint density at radius 1 is 1.04 bits per heavy atom. The molecule has 1 aliphatic rings. The Morgan fingerprint density at radius 2 is 1.54 bits per heavy atom. The number of hydrogen-bond acceptors (Lipinski definition) is 7. The number of nitrogens with two attached hydrogens (primary N) is 1. The largest absolute Gasteiger partial charge is 1.00 e. The van der Waals surface area contributed by atoms with Crippen molar-refractivity contribution in [2.75, 3.05) is 11.1 Å². The number of benzene rings is 2. The molecule has 0 aromatic heterocycles. The minimum Gasteiger partial charge on any atom is -0.744 e. The molecule has 0 saturated carbocycles. The molecule has 0 spiro atoms. The first-order chi connectivity index (χ1) is 11.6. The van der Waals surface area contributed by atoms with Gasteiger partial charge >= 0.3 is 29.6 Å². The van der Waals surface area contributed by atoms with E-state index in [4.69, 9.17) is 5.73 Å². The van der Waals surface area contributed by atoms with Gasteiger partial charge in [0.15, 0.2) is 11.6 Å². The number of nitrogens with one attached hydrogen (secondary N) is 1. The Bertz CT molecular complexity index is 1030. The summed E-state index contributed by atoms with van der Waals surface area (Å²) in [6, 6.07) is 7.06.